The van der Waals surface area contributed by atoms with Crippen molar-refractivity contribution >= 4 is 0 Å². The van der Waals surface area contributed by atoms with Gasteiger partial charge in [-0.3, -0.25) is 4.98 Å². The number of nitrogens with zero attached hydrogens (tertiary/aromatic N) is 1. The molecule has 0 radical (unpaired) electrons. The number of hydrogen-bond donors (Lipinski definition) is 0. The molecule has 104 valence electrons. The summed E-state index contributed by atoms with van der Waals surface area (Å²) in [5, 5.41) is 0. The lowest BCUT2D eigenvalue weighted by Crippen LogP contribution is -2.22. The Bertz CT molecular complexity index is 536. The normalized spacial score (nSPS) is 18.9. The van der Waals surface area contributed by atoms with Crippen LogP contribution >= 0.6 is 0 Å². The lowest BCUT2D eigenvalue weighted by atomic mass is 10.1. The Morgan fingerprint density at radius 2 is 2.00 bits per heavy atom. The monoisotopic (exact) mass is 269 g/mol. The Morgan fingerprint density at radius 1 is 1.10 bits per heavy atom. The van der Waals surface area contributed by atoms with Crippen LogP contribution in [-0.2, 0) is 16.1 Å². The molecule has 3 heteroatoms. The number of benzene rings is 1. The minimum atomic E-state index is -0.0640. The summed E-state index contributed by atoms with van der Waals surface area (Å²) in [6.45, 7) is 1.31. The van der Waals surface area contributed by atoms with Gasteiger partial charge >= 0.3 is 0 Å². The molecular formula is C17H19NO2. The van der Waals surface area contributed by atoms with Gasteiger partial charge in [-0.15, -0.1) is 0 Å². The fourth-order valence-corrected chi connectivity index (χ4v) is 2.39. The van der Waals surface area contributed by atoms with E-state index in [0.717, 1.165) is 25.1 Å². The molecule has 1 aliphatic rings. The SMILES string of the molecule is c1ccc(-c2ccnc(COC3CCCCO3)c2)cc1. The molecule has 0 aliphatic carbocycles. The van der Waals surface area contributed by atoms with E-state index < -0.39 is 0 Å². The van der Waals surface area contributed by atoms with Crippen molar-refractivity contribution in [1.29, 1.82) is 0 Å². The van der Waals surface area contributed by atoms with E-state index in [1.54, 1.807) is 0 Å². The molecular weight excluding hydrogens is 250 g/mol. The second kappa shape index (κ2) is 6.64. The zero-order valence-electron chi connectivity index (χ0n) is 11.5. The van der Waals surface area contributed by atoms with Gasteiger partial charge in [0.25, 0.3) is 0 Å². The smallest absolute Gasteiger partial charge is 0.158 e. The fraction of sp³-hybridized carbons (Fsp3) is 0.353. The van der Waals surface area contributed by atoms with Gasteiger partial charge in [-0.1, -0.05) is 30.3 Å². The van der Waals surface area contributed by atoms with E-state index in [-0.39, 0.29) is 6.29 Å². The summed E-state index contributed by atoms with van der Waals surface area (Å²) >= 11 is 0. The fourth-order valence-electron chi connectivity index (χ4n) is 2.39. The number of rotatable bonds is 4. The molecule has 3 rings (SSSR count). The molecule has 1 unspecified atom stereocenters. The van der Waals surface area contributed by atoms with Crippen molar-refractivity contribution < 1.29 is 9.47 Å². The topological polar surface area (TPSA) is 31.4 Å². The molecule has 1 fully saturated rings. The highest BCUT2D eigenvalue weighted by atomic mass is 16.7. The van der Waals surface area contributed by atoms with E-state index in [9.17, 15) is 0 Å². The maximum atomic E-state index is 5.78. The highest BCUT2D eigenvalue weighted by Gasteiger charge is 2.14. The maximum Gasteiger partial charge on any atom is 0.158 e. The van der Waals surface area contributed by atoms with Crippen molar-refractivity contribution in [1.82, 2.24) is 4.98 Å². The summed E-state index contributed by atoms with van der Waals surface area (Å²) in [5.41, 5.74) is 3.31. The molecule has 0 amide bonds. The predicted molar refractivity (Wildman–Crippen MR) is 78.1 cm³/mol. The van der Waals surface area contributed by atoms with Crippen molar-refractivity contribution in [3.63, 3.8) is 0 Å². The van der Waals surface area contributed by atoms with Gasteiger partial charge in [0.2, 0.25) is 0 Å². The molecule has 1 aliphatic heterocycles. The first-order valence-electron chi connectivity index (χ1n) is 7.15. The summed E-state index contributed by atoms with van der Waals surface area (Å²) in [6.07, 6.45) is 5.08. The third-order valence-electron chi connectivity index (χ3n) is 3.48. The number of ether oxygens (including phenoxy) is 2. The second-order valence-corrected chi connectivity index (χ2v) is 5.01. The summed E-state index contributed by atoms with van der Waals surface area (Å²) in [7, 11) is 0. The Hall–Kier alpha value is -1.71. The van der Waals surface area contributed by atoms with Crippen LogP contribution in [0.5, 0.6) is 0 Å². The van der Waals surface area contributed by atoms with Gasteiger partial charge in [-0.2, -0.15) is 0 Å². The molecule has 0 N–H and O–H groups in total. The highest BCUT2D eigenvalue weighted by Crippen LogP contribution is 2.20. The van der Waals surface area contributed by atoms with E-state index >= 15 is 0 Å². The molecule has 1 aromatic heterocycles. The van der Waals surface area contributed by atoms with Gasteiger partial charge in [0.05, 0.1) is 12.3 Å². The summed E-state index contributed by atoms with van der Waals surface area (Å²) in [5.74, 6) is 0. The van der Waals surface area contributed by atoms with Crippen LogP contribution in [0.3, 0.4) is 0 Å². The Balaban J connectivity index is 1.65. The van der Waals surface area contributed by atoms with E-state index in [2.05, 4.69) is 23.2 Å². The van der Waals surface area contributed by atoms with Gasteiger partial charge in [-0.25, -0.2) is 0 Å². The number of pyridine rings is 1. The molecule has 20 heavy (non-hydrogen) atoms. The van der Waals surface area contributed by atoms with Gasteiger partial charge in [-0.05, 0) is 42.5 Å². The zero-order valence-corrected chi connectivity index (χ0v) is 11.5. The molecule has 0 saturated carbocycles. The molecule has 0 spiro atoms. The van der Waals surface area contributed by atoms with Gasteiger partial charge in [0, 0.05) is 12.8 Å². The Morgan fingerprint density at radius 3 is 2.80 bits per heavy atom. The van der Waals surface area contributed by atoms with E-state index in [1.165, 1.54) is 17.5 Å². The molecule has 1 aromatic carbocycles. The summed E-state index contributed by atoms with van der Waals surface area (Å²) < 4.78 is 11.3. The molecule has 1 saturated heterocycles. The van der Waals surface area contributed by atoms with Crippen LogP contribution in [0.1, 0.15) is 25.0 Å². The third-order valence-corrected chi connectivity index (χ3v) is 3.48. The van der Waals surface area contributed by atoms with Crippen molar-refractivity contribution in [3.8, 4) is 11.1 Å². The Labute approximate surface area is 119 Å². The first kappa shape index (κ1) is 13.3. The zero-order chi connectivity index (χ0) is 13.6. The van der Waals surface area contributed by atoms with E-state index in [1.807, 2.05) is 30.5 Å². The molecule has 3 nitrogen and oxygen atoms in total. The minimum Gasteiger partial charge on any atom is -0.353 e. The van der Waals surface area contributed by atoms with Crippen LogP contribution < -0.4 is 0 Å². The minimum absolute atomic E-state index is 0.0640. The molecule has 2 aromatic rings. The van der Waals surface area contributed by atoms with Crippen molar-refractivity contribution in [2.24, 2.45) is 0 Å². The molecule has 1 atom stereocenters. The van der Waals surface area contributed by atoms with Crippen molar-refractivity contribution in [3.05, 3.63) is 54.4 Å². The standard InChI is InChI=1S/C17H19NO2/c1-2-6-14(7-3-1)15-9-10-18-16(12-15)13-20-17-8-4-5-11-19-17/h1-3,6-7,9-10,12,17H,4-5,8,11,13H2. The maximum absolute atomic E-state index is 5.78. The highest BCUT2D eigenvalue weighted by molar-refractivity contribution is 5.63. The second-order valence-electron chi connectivity index (χ2n) is 5.01. The molecule has 2 heterocycles. The average molecular weight is 269 g/mol. The average Bonchev–Trinajstić information content (AvgIpc) is 2.55. The first-order chi connectivity index (χ1) is 9.92. The predicted octanol–water partition coefficient (Wildman–Crippen LogP) is 3.79. The van der Waals surface area contributed by atoms with Gasteiger partial charge in [0.1, 0.15) is 0 Å². The number of aromatic nitrogens is 1. The van der Waals surface area contributed by atoms with Crippen LogP contribution in [0.25, 0.3) is 11.1 Å². The van der Waals surface area contributed by atoms with Crippen molar-refractivity contribution in [2.75, 3.05) is 6.61 Å². The lowest BCUT2D eigenvalue weighted by molar-refractivity contribution is -0.169. The van der Waals surface area contributed by atoms with Crippen LogP contribution in [0.4, 0.5) is 0 Å². The van der Waals surface area contributed by atoms with Gasteiger partial charge < -0.3 is 9.47 Å². The van der Waals surface area contributed by atoms with Crippen molar-refractivity contribution in [2.45, 2.75) is 32.2 Å². The molecule has 0 bridgehead atoms. The largest absolute Gasteiger partial charge is 0.353 e. The van der Waals surface area contributed by atoms with Crippen LogP contribution in [-0.4, -0.2) is 17.9 Å². The third kappa shape index (κ3) is 3.44. The van der Waals surface area contributed by atoms with Crippen LogP contribution in [0.15, 0.2) is 48.7 Å². The van der Waals surface area contributed by atoms with Crippen LogP contribution in [0.2, 0.25) is 0 Å². The quantitative estimate of drug-likeness (QED) is 0.846. The number of hydrogen-bond acceptors (Lipinski definition) is 3. The van der Waals surface area contributed by atoms with Crippen LogP contribution in [0, 0.1) is 0 Å². The first-order valence-corrected chi connectivity index (χ1v) is 7.15. The van der Waals surface area contributed by atoms with E-state index in [0.29, 0.717) is 6.61 Å². The lowest BCUT2D eigenvalue weighted by Gasteiger charge is -2.22. The Kier molecular flexibility index (Phi) is 4.41. The summed E-state index contributed by atoms with van der Waals surface area (Å²) in [6, 6.07) is 14.4. The van der Waals surface area contributed by atoms with E-state index in [4.69, 9.17) is 9.47 Å². The van der Waals surface area contributed by atoms with Gasteiger partial charge in [0.15, 0.2) is 6.29 Å². The summed E-state index contributed by atoms with van der Waals surface area (Å²) in [4.78, 5) is 4.37.